The van der Waals surface area contributed by atoms with Crippen molar-refractivity contribution in [2.75, 3.05) is 0 Å². The summed E-state index contributed by atoms with van der Waals surface area (Å²) >= 11 is 0. The van der Waals surface area contributed by atoms with Gasteiger partial charge in [0.1, 0.15) is 0 Å². The third kappa shape index (κ3) is 2.84. The Hall–Kier alpha value is 0.651. The second kappa shape index (κ2) is 4.57. The zero-order valence-electron chi connectivity index (χ0n) is 14.3. The highest BCUT2D eigenvalue weighted by atomic mass is 29.1. The second-order valence-electron chi connectivity index (χ2n) is 9.41. The van der Waals surface area contributed by atoms with Crippen LogP contribution >= 0.6 is 0 Å². The lowest BCUT2D eigenvalue weighted by atomic mass is 10.0. The minimum Gasteiger partial charge on any atom is -0.0959 e. The predicted octanol–water partition coefficient (Wildman–Crippen LogP) is 5.38. The predicted molar refractivity (Wildman–Crippen MR) is 91.9 cm³/mol. The van der Waals surface area contributed by atoms with Crippen LogP contribution in [0.5, 0.6) is 0 Å². The molecular formula is C16H32Si3. The molecule has 2 saturated heterocycles. The van der Waals surface area contributed by atoms with Crippen LogP contribution in [0.15, 0.2) is 0 Å². The summed E-state index contributed by atoms with van der Waals surface area (Å²) in [5.74, 6) is 0. The van der Waals surface area contributed by atoms with Crippen LogP contribution in [0, 0.1) is 0 Å². The number of rotatable bonds is 0. The lowest BCUT2D eigenvalue weighted by Crippen LogP contribution is -2.31. The summed E-state index contributed by atoms with van der Waals surface area (Å²) in [6.07, 6.45) is 5.93. The molecule has 2 aliphatic rings. The zero-order valence-corrected chi connectivity index (χ0v) is 17.3. The molecule has 2 fully saturated rings. The molecule has 0 bridgehead atoms. The lowest BCUT2D eigenvalue weighted by molar-refractivity contribution is 0.577. The van der Waals surface area contributed by atoms with Gasteiger partial charge in [0.2, 0.25) is 0 Å². The van der Waals surface area contributed by atoms with Gasteiger partial charge in [0.25, 0.3) is 0 Å². The number of hydrogen-bond acceptors (Lipinski definition) is 0. The van der Waals surface area contributed by atoms with Crippen molar-refractivity contribution in [2.24, 2.45) is 0 Å². The first-order valence-electron chi connectivity index (χ1n) is 7.91. The first kappa shape index (κ1) is 16.0. The van der Waals surface area contributed by atoms with E-state index in [0.717, 1.165) is 0 Å². The molecule has 0 spiro atoms. The van der Waals surface area contributed by atoms with Gasteiger partial charge in [-0.2, -0.15) is 0 Å². The van der Waals surface area contributed by atoms with Crippen molar-refractivity contribution in [1.29, 1.82) is 0 Å². The van der Waals surface area contributed by atoms with Crippen LogP contribution < -0.4 is 0 Å². The van der Waals surface area contributed by atoms with E-state index in [1.807, 2.05) is 0 Å². The molecule has 0 saturated carbocycles. The maximum absolute atomic E-state index is 2.58. The van der Waals surface area contributed by atoms with Gasteiger partial charge < -0.3 is 0 Å². The molecular weight excluding hydrogens is 276 g/mol. The molecule has 0 aromatic heterocycles. The van der Waals surface area contributed by atoms with Gasteiger partial charge in [-0.05, 0) is 45.8 Å². The minimum atomic E-state index is -0.215. The van der Waals surface area contributed by atoms with E-state index in [0.29, 0.717) is 20.2 Å². The van der Waals surface area contributed by atoms with Gasteiger partial charge in [-0.25, -0.2) is 0 Å². The Morgan fingerprint density at radius 2 is 0.737 bits per heavy atom. The van der Waals surface area contributed by atoms with Crippen molar-refractivity contribution in [3.8, 4) is 0 Å². The van der Waals surface area contributed by atoms with E-state index in [-0.39, 0.29) is 15.8 Å². The number of hydrogen-bond donors (Lipinski definition) is 0. The highest BCUT2D eigenvalue weighted by molar-refractivity contribution is 7.07. The van der Waals surface area contributed by atoms with Gasteiger partial charge in [-0.1, -0.05) is 63.1 Å². The van der Waals surface area contributed by atoms with Crippen molar-refractivity contribution in [3.63, 3.8) is 0 Å². The van der Waals surface area contributed by atoms with Crippen LogP contribution in [0.25, 0.3) is 0 Å². The summed E-state index contributed by atoms with van der Waals surface area (Å²) in [5, 5.41) is 2.72. The largest absolute Gasteiger partial charge is 0.0959 e. The summed E-state index contributed by atoms with van der Waals surface area (Å²) in [5.41, 5.74) is 0. The third-order valence-electron chi connectivity index (χ3n) is 5.71. The van der Waals surface area contributed by atoms with E-state index in [1.54, 1.807) is 0 Å². The first-order valence-corrected chi connectivity index (χ1v) is 13.9. The van der Waals surface area contributed by atoms with Crippen molar-refractivity contribution in [1.82, 2.24) is 0 Å². The SMILES string of the molecule is CC1(C)CCC(C)(C)[Si]1=[Si]=[Si]1C(C)(C)CCC1(C)C. The maximum Gasteiger partial charge on any atom is 0.0365 e. The van der Waals surface area contributed by atoms with Crippen LogP contribution in [0.2, 0.25) is 20.2 Å². The van der Waals surface area contributed by atoms with Crippen molar-refractivity contribution >= 4 is 23.5 Å². The Labute approximate surface area is 125 Å². The average molecular weight is 309 g/mol. The molecule has 0 aliphatic carbocycles. The fourth-order valence-corrected chi connectivity index (χ4v) is 31.9. The molecule has 2 heterocycles. The fraction of sp³-hybridized carbons (Fsp3) is 1.00. The first-order chi connectivity index (χ1) is 8.39. The Bertz CT molecular complexity index is 384. The zero-order chi connectivity index (χ0) is 14.7. The van der Waals surface area contributed by atoms with E-state index >= 15 is 0 Å². The van der Waals surface area contributed by atoms with Crippen molar-refractivity contribution < 1.29 is 0 Å². The van der Waals surface area contributed by atoms with Crippen molar-refractivity contribution in [3.05, 3.63) is 0 Å². The third-order valence-corrected chi connectivity index (χ3v) is 26.7. The standard InChI is InChI=1S/C16H32Si3/c1-13(2)9-10-14(3,4)18(13)17-19-15(5,6)11-12-16(19,7)8/h9-12H2,1-8H3. The molecule has 108 valence electrons. The average Bonchev–Trinajstić information content (AvgIpc) is 2.55. The van der Waals surface area contributed by atoms with Gasteiger partial charge in [0.05, 0.1) is 0 Å². The van der Waals surface area contributed by atoms with E-state index in [4.69, 9.17) is 0 Å². The van der Waals surface area contributed by atoms with E-state index in [2.05, 4.69) is 55.4 Å². The second-order valence-corrected chi connectivity index (χ2v) is 22.6. The molecule has 19 heavy (non-hydrogen) atoms. The molecule has 3 heteroatoms. The molecule has 2 rings (SSSR count). The topological polar surface area (TPSA) is 0 Å². The van der Waals surface area contributed by atoms with Crippen LogP contribution in [0.4, 0.5) is 0 Å². The molecule has 0 aromatic carbocycles. The Morgan fingerprint density at radius 1 is 0.526 bits per heavy atom. The Balaban J connectivity index is 2.68. The van der Waals surface area contributed by atoms with Crippen LogP contribution in [0.3, 0.4) is 0 Å². The van der Waals surface area contributed by atoms with E-state index in [9.17, 15) is 0 Å². The van der Waals surface area contributed by atoms with Crippen molar-refractivity contribution in [2.45, 2.75) is 101 Å². The van der Waals surface area contributed by atoms with Crippen LogP contribution in [0.1, 0.15) is 81.1 Å². The van der Waals surface area contributed by atoms with Gasteiger partial charge in [0.15, 0.2) is 0 Å². The molecule has 0 amide bonds. The van der Waals surface area contributed by atoms with Crippen LogP contribution in [-0.2, 0) is 0 Å². The summed E-state index contributed by atoms with van der Waals surface area (Å²) in [6.45, 7) is 20.7. The van der Waals surface area contributed by atoms with Gasteiger partial charge in [0, 0.05) is 15.8 Å². The summed E-state index contributed by atoms with van der Waals surface area (Å²) < 4.78 is 0. The molecule has 0 unspecified atom stereocenters. The monoisotopic (exact) mass is 308 g/mol. The summed E-state index contributed by atoms with van der Waals surface area (Å²) in [7, 11) is 0.919. The normalized spacial score (nSPS) is 30.5. The fourth-order valence-electron chi connectivity index (χ4n) is 4.38. The van der Waals surface area contributed by atoms with Gasteiger partial charge >= 0.3 is 0 Å². The smallest absolute Gasteiger partial charge is 0.0365 e. The summed E-state index contributed by atoms with van der Waals surface area (Å²) in [6, 6.07) is 0. The van der Waals surface area contributed by atoms with Gasteiger partial charge in [-0.15, -0.1) is 0 Å². The maximum atomic E-state index is 2.58. The lowest BCUT2D eigenvalue weighted by Gasteiger charge is -2.29. The molecule has 0 aromatic rings. The molecule has 0 nitrogen and oxygen atoms in total. The highest BCUT2D eigenvalue weighted by Crippen LogP contribution is 2.55. The highest BCUT2D eigenvalue weighted by Gasteiger charge is 2.45. The van der Waals surface area contributed by atoms with E-state index < -0.39 is 0 Å². The Kier molecular flexibility index (Phi) is 3.86. The van der Waals surface area contributed by atoms with Gasteiger partial charge in [-0.3, -0.25) is 0 Å². The quantitative estimate of drug-likeness (QED) is 0.527. The van der Waals surface area contributed by atoms with Crippen LogP contribution in [-0.4, -0.2) is 23.5 Å². The molecule has 0 atom stereocenters. The molecule has 2 aliphatic heterocycles. The summed E-state index contributed by atoms with van der Waals surface area (Å²) in [4.78, 5) is 0. The minimum absolute atomic E-state index is 0.215. The van der Waals surface area contributed by atoms with E-state index in [1.165, 1.54) is 33.4 Å². The Morgan fingerprint density at radius 3 is 0.947 bits per heavy atom. The molecule has 0 radical (unpaired) electrons. The molecule has 0 N–H and O–H groups in total.